The maximum absolute atomic E-state index is 11.5. The minimum Gasteiger partial charge on any atom is -0.465 e. The van der Waals surface area contributed by atoms with Crippen LogP contribution >= 0.6 is 0 Å². The van der Waals surface area contributed by atoms with Gasteiger partial charge in [0.2, 0.25) is 0 Å². The van der Waals surface area contributed by atoms with E-state index < -0.39 is 0 Å². The zero-order valence-corrected chi connectivity index (χ0v) is 12.5. The molecule has 0 spiro atoms. The van der Waals surface area contributed by atoms with Gasteiger partial charge in [0.1, 0.15) is 0 Å². The fourth-order valence-corrected chi connectivity index (χ4v) is 1.93. The number of likely N-dealkylation sites (N-methyl/N-ethyl adjacent to an activating group) is 1. The maximum Gasteiger partial charge on any atom is 0.320 e. The van der Waals surface area contributed by atoms with E-state index in [1.165, 1.54) is 11.1 Å². The molecule has 3 heteroatoms. The number of hydrogen-bond donors (Lipinski definition) is 0. The van der Waals surface area contributed by atoms with Crippen LogP contribution in [0.3, 0.4) is 0 Å². The zero-order valence-electron chi connectivity index (χ0n) is 12.5. The van der Waals surface area contributed by atoms with E-state index in [-0.39, 0.29) is 5.97 Å². The van der Waals surface area contributed by atoms with Gasteiger partial charge in [0, 0.05) is 6.54 Å². The number of carbonyl (C=O) groups excluding carboxylic acids is 1. The maximum atomic E-state index is 11.5. The molecule has 0 saturated carbocycles. The highest BCUT2D eigenvalue weighted by molar-refractivity contribution is 5.71. The summed E-state index contributed by atoms with van der Waals surface area (Å²) < 4.78 is 4.98. The predicted octanol–water partition coefficient (Wildman–Crippen LogP) is 3.20. The highest BCUT2D eigenvalue weighted by Gasteiger charge is 2.10. The lowest BCUT2D eigenvalue weighted by Gasteiger charge is -2.19. The van der Waals surface area contributed by atoms with E-state index in [0.717, 1.165) is 13.1 Å². The second-order valence-corrected chi connectivity index (χ2v) is 5.00. The molecule has 0 aliphatic rings. The van der Waals surface area contributed by atoms with Crippen LogP contribution < -0.4 is 0 Å². The second kappa shape index (κ2) is 7.95. The van der Waals surface area contributed by atoms with Gasteiger partial charge < -0.3 is 4.74 Å². The summed E-state index contributed by atoms with van der Waals surface area (Å²) in [6, 6.07) is 8.61. The Morgan fingerprint density at radius 1 is 1.21 bits per heavy atom. The number of benzene rings is 1. The van der Waals surface area contributed by atoms with Crippen LogP contribution in [0.5, 0.6) is 0 Å². The molecule has 1 aromatic rings. The molecule has 0 aliphatic heterocycles. The predicted molar refractivity (Wildman–Crippen MR) is 78.1 cm³/mol. The molecule has 1 aromatic carbocycles. The van der Waals surface area contributed by atoms with Gasteiger partial charge in [-0.15, -0.1) is 0 Å². The Morgan fingerprint density at radius 3 is 2.32 bits per heavy atom. The highest BCUT2D eigenvalue weighted by atomic mass is 16.5. The standard InChI is InChI=1S/C16H25NO2/c1-5-17(12-16(18)19-6-2)11-14-7-9-15(10-8-14)13(3)4/h7-10,13H,5-6,11-12H2,1-4H3. The molecule has 0 radical (unpaired) electrons. The van der Waals surface area contributed by atoms with Gasteiger partial charge >= 0.3 is 5.97 Å². The minimum absolute atomic E-state index is 0.150. The third-order valence-electron chi connectivity index (χ3n) is 3.16. The molecule has 0 unspecified atom stereocenters. The Labute approximate surface area is 116 Å². The van der Waals surface area contributed by atoms with Crippen LogP contribution in [-0.4, -0.2) is 30.6 Å². The number of hydrogen-bond acceptors (Lipinski definition) is 3. The molecular weight excluding hydrogens is 238 g/mol. The van der Waals surface area contributed by atoms with Crippen molar-refractivity contribution < 1.29 is 9.53 Å². The van der Waals surface area contributed by atoms with Gasteiger partial charge in [-0.3, -0.25) is 9.69 Å². The first-order chi connectivity index (χ1) is 9.06. The minimum atomic E-state index is -0.150. The molecule has 19 heavy (non-hydrogen) atoms. The molecule has 1 rings (SSSR count). The Morgan fingerprint density at radius 2 is 1.84 bits per heavy atom. The van der Waals surface area contributed by atoms with Gasteiger partial charge in [-0.1, -0.05) is 45.0 Å². The Bertz CT molecular complexity index is 384. The number of ether oxygens (including phenoxy) is 1. The molecule has 0 bridgehead atoms. The molecule has 3 nitrogen and oxygen atoms in total. The van der Waals surface area contributed by atoms with Crippen LogP contribution in [0, 0.1) is 0 Å². The molecule has 0 atom stereocenters. The molecule has 0 saturated heterocycles. The molecule has 106 valence electrons. The van der Waals surface area contributed by atoms with Gasteiger partial charge in [-0.25, -0.2) is 0 Å². The van der Waals surface area contributed by atoms with Crippen molar-refractivity contribution in [1.82, 2.24) is 4.90 Å². The van der Waals surface area contributed by atoms with Crippen LogP contribution in [0.4, 0.5) is 0 Å². The summed E-state index contributed by atoms with van der Waals surface area (Å²) in [5.41, 5.74) is 2.58. The van der Waals surface area contributed by atoms with Crippen molar-refractivity contribution in [2.75, 3.05) is 19.7 Å². The first kappa shape index (κ1) is 15.7. The molecule has 0 heterocycles. The third kappa shape index (κ3) is 5.43. The lowest BCUT2D eigenvalue weighted by atomic mass is 10.0. The van der Waals surface area contributed by atoms with Crippen LogP contribution in [0.15, 0.2) is 24.3 Å². The van der Waals surface area contributed by atoms with Crippen molar-refractivity contribution in [3.63, 3.8) is 0 Å². The van der Waals surface area contributed by atoms with E-state index in [1.807, 2.05) is 6.92 Å². The van der Waals surface area contributed by atoms with E-state index in [4.69, 9.17) is 4.74 Å². The summed E-state index contributed by atoms with van der Waals surface area (Å²) in [6.45, 7) is 10.7. The molecule has 0 aromatic heterocycles. The SMILES string of the molecule is CCOC(=O)CN(CC)Cc1ccc(C(C)C)cc1. The fourth-order valence-electron chi connectivity index (χ4n) is 1.93. The largest absolute Gasteiger partial charge is 0.465 e. The van der Waals surface area contributed by atoms with Crippen LogP contribution in [0.25, 0.3) is 0 Å². The van der Waals surface area contributed by atoms with Crippen molar-refractivity contribution >= 4 is 5.97 Å². The topological polar surface area (TPSA) is 29.5 Å². The highest BCUT2D eigenvalue weighted by Crippen LogP contribution is 2.15. The smallest absolute Gasteiger partial charge is 0.320 e. The lowest BCUT2D eigenvalue weighted by molar-refractivity contribution is -0.144. The number of esters is 1. The quantitative estimate of drug-likeness (QED) is 0.708. The van der Waals surface area contributed by atoms with Crippen molar-refractivity contribution in [3.8, 4) is 0 Å². The average Bonchev–Trinajstić information content (AvgIpc) is 2.38. The molecule has 0 amide bonds. The van der Waals surface area contributed by atoms with Crippen molar-refractivity contribution in [3.05, 3.63) is 35.4 Å². The summed E-state index contributed by atoms with van der Waals surface area (Å²) in [7, 11) is 0. The van der Waals surface area contributed by atoms with Crippen LogP contribution in [0.2, 0.25) is 0 Å². The van der Waals surface area contributed by atoms with Gasteiger partial charge in [-0.05, 0) is 30.5 Å². The summed E-state index contributed by atoms with van der Waals surface area (Å²) >= 11 is 0. The number of nitrogens with zero attached hydrogens (tertiary/aromatic N) is 1. The van der Waals surface area contributed by atoms with E-state index >= 15 is 0 Å². The number of carbonyl (C=O) groups is 1. The van der Waals surface area contributed by atoms with Crippen molar-refractivity contribution in [2.24, 2.45) is 0 Å². The summed E-state index contributed by atoms with van der Waals surface area (Å²) in [6.07, 6.45) is 0. The second-order valence-electron chi connectivity index (χ2n) is 5.00. The fraction of sp³-hybridized carbons (Fsp3) is 0.562. The first-order valence-corrected chi connectivity index (χ1v) is 7.03. The zero-order chi connectivity index (χ0) is 14.3. The van der Waals surface area contributed by atoms with Gasteiger partial charge in [0.15, 0.2) is 0 Å². The summed E-state index contributed by atoms with van der Waals surface area (Å²) in [5, 5.41) is 0. The van der Waals surface area contributed by atoms with Crippen molar-refractivity contribution in [1.29, 1.82) is 0 Å². The Balaban J connectivity index is 2.57. The molecule has 0 fully saturated rings. The van der Waals surface area contributed by atoms with E-state index in [2.05, 4.69) is 49.9 Å². The molecule has 0 N–H and O–H groups in total. The number of rotatable bonds is 7. The first-order valence-electron chi connectivity index (χ1n) is 7.03. The van der Waals surface area contributed by atoms with Gasteiger partial charge in [0.05, 0.1) is 13.2 Å². The van der Waals surface area contributed by atoms with Gasteiger partial charge in [0.25, 0.3) is 0 Å². The summed E-state index contributed by atoms with van der Waals surface area (Å²) in [5.74, 6) is 0.402. The average molecular weight is 263 g/mol. The van der Waals surface area contributed by atoms with E-state index in [1.54, 1.807) is 0 Å². The van der Waals surface area contributed by atoms with Crippen molar-refractivity contribution in [2.45, 2.75) is 40.2 Å². The lowest BCUT2D eigenvalue weighted by Crippen LogP contribution is -2.30. The van der Waals surface area contributed by atoms with Gasteiger partial charge in [-0.2, -0.15) is 0 Å². The Hall–Kier alpha value is -1.35. The molecule has 0 aliphatic carbocycles. The van der Waals surface area contributed by atoms with E-state index in [0.29, 0.717) is 19.1 Å². The van der Waals surface area contributed by atoms with Crippen LogP contribution in [-0.2, 0) is 16.1 Å². The van der Waals surface area contributed by atoms with Crippen LogP contribution in [0.1, 0.15) is 44.7 Å². The van der Waals surface area contributed by atoms with E-state index in [9.17, 15) is 4.79 Å². The summed E-state index contributed by atoms with van der Waals surface area (Å²) in [4.78, 5) is 13.6. The Kier molecular flexibility index (Phi) is 6.57. The monoisotopic (exact) mass is 263 g/mol. The normalized spacial score (nSPS) is 11.1. The molecular formula is C16H25NO2. The third-order valence-corrected chi connectivity index (χ3v) is 3.16.